The second-order valence-electron chi connectivity index (χ2n) is 6.30. The maximum atomic E-state index is 4.03. The molecular weight excluding hydrogens is 338 g/mol. The van der Waals surface area contributed by atoms with E-state index in [1.165, 1.54) is 11.1 Å². The minimum atomic E-state index is 0.103. The van der Waals surface area contributed by atoms with Crippen LogP contribution < -0.4 is 5.32 Å². The molecule has 0 amide bonds. The minimum Gasteiger partial charge on any atom is -0.374 e. The first-order chi connectivity index (χ1) is 13.5. The third-order valence-corrected chi connectivity index (χ3v) is 3.90. The Morgan fingerprint density at radius 1 is 0.821 bits per heavy atom. The average Bonchev–Trinajstić information content (AvgIpc) is 2.74. The van der Waals surface area contributed by atoms with Gasteiger partial charge in [-0.3, -0.25) is 0 Å². The molecule has 0 heterocycles. The molecule has 2 aromatic carbocycles. The number of allylic oxidation sites excluding steroid dienone is 5. The second kappa shape index (κ2) is 16.4. The Morgan fingerprint density at radius 3 is 1.50 bits per heavy atom. The number of nitrogens with one attached hydrogen (secondary N) is 1. The molecule has 0 unspecified atom stereocenters. The normalized spacial score (nSPS) is 10.1. The lowest BCUT2D eigenvalue weighted by Crippen LogP contribution is -2.21. The smallest absolute Gasteiger partial charge is 0.0767 e. The number of hydrogen-bond acceptors (Lipinski definition) is 1. The largest absolute Gasteiger partial charge is 0.374 e. The highest BCUT2D eigenvalue weighted by atomic mass is 14.9. The monoisotopic (exact) mass is 375 g/mol. The van der Waals surface area contributed by atoms with Gasteiger partial charge in [-0.1, -0.05) is 105 Å². The van der Waals surface area contributed by atoms with Crippen molar-refractivity contribution in [1.29, 1.82) is 0 Å². The number of benzene rings is 2. The standard InChI is InChI=1S/C18H19N.C5H10.C4H8/c1-14(2)15(3)19-18(16-10-6-4-7-11-16)17-12-8-5-9-13-17;1-3-5-4-2;1-3-4-2/h4-13,18-19H,1,3H2,2H3;3,5H,4H2,1-2H3;3-4H,1-2H3/b;5-3-;4-3-. The van der Waals surface area contributed by atoms with Crippen molar-refractivity contribution in [2.75, 3.05) is 0 Å². The summed E-state index contributed by atoms with van der Waals surface area (Å²) in [5.74, 6) is 0. The third-order valence-electron chi connectivity index (χ3n) is 3.90. The lowest BCUT2D eigenvalue weighted by molar-refractivity contribution is 0.700. The summed E-state index contributed by atoms with van der Waals surface area (Å²) in [6.45, 7) is 18.1. The Morgan fingerprint density at radius 2 is 1.25 bits per heavy atom. The zero-order valence-electron chi connectivity index (χ0n) is 18.3. The van der Waals surface area contributed by atoms with Gasteiger partial charge in [-0.25, -0.2) is 0 Å². The minimum absolute atomic E-state index is 0.103. The molecule has 0 atom stereocenters. The maximum Gasteiger partial charge on any atom is 0.0767 e. The molecule has 0 aliphatic heterocycles. The van der Waals surface area contributed by atoms with Gasteiger partial charge in [0.25, 0.3) is 0 Å². The first-order valence-corrected chi connectivity index (χ1v) is 9.91. The van der Waals surface area contributed by atoms with Crippen molar-refractivity contribution >= 4 is 0 Å². The van der Waals surface area contributed by atoms with Crippen molar-refractivity contribution in [3.8, 4) is 0 Å². The maximum absolute atomic E-state index is 4.03. The van der Waals surface area contributed by atoms with Crippen LogP contribution in [0, 0.1) is 0 Å². The van der Waals surface area contributed by atoms with Gasteiger partial charge in [0.2, 0.25) is 0 Å². The average molecular weight is 376 g/mol. The van der Waals surface area contributed by atoms with Crippen molar-refractivity contribution in [1.82, 2.24) is 5.32 Å². The first kappa shape index (κ1) is 25.2. The molecule has 1 heteroatoms. The molecule has 0 aromatic heterocycles. The van der Waals surface area contributed by atoms with Crippen LogP contribution in [0.4, 0.5) is 0 Å². The summed E-state index contributed by atoms with van der Waals surface area (Å²) in [6.07, 6.45) is 9.34. The molecule has 0 fully saturated rings. The highest BCUT2D eigenvalue weighted by Crippen LogP contribution is 2.23. The van der Waals surface area contributed by atoms with Crippen LogP contribution >= 0.6 is 0 Å². The van der Waals surface area contributed by atoms with E-state index in [0.717, 1.165) is 17.7 Å². The molecule has 2 rings (SSSR count). The second-order valence-corrected chi connectivity index (χ2v) is 6.30. The summed E-state index contributed by atoms with van der Waals surface area (Å²) in [7, 11) is 0. The van der Waals surface area contributed by atoms with E-state index in [4.69, 9.17) is 0 Å². The van der Waals surface area contributed by atoms with E-state index in [-0.39, 0.29) is 6.04 Å². The Hall–Kier alpha value is -2.80. The Labute approximate surface area is 173 Å². The summed E-state index contributed by atoms with van der Waals surface area (Å²) in [6, 6.07) is 20.9. The van der Waals surface area contributed by atoms with Crippen LogP contribution in [-0.4, -0.2) is 0 Å². The van der Waals surface area contributed by atoms with Gasteiger partial charge in [0.15, 0.2) is 0 Å². The van der Waals surface area contributed by atoms with E-state index < -0.39 is 0 Å². The van der Waals surface area contributed by atoms with Gasteiger partial charge in [0.05, 0.1) is 6.04 Å². The molecule has 0 spiro atoms. The van der Waals surface area contributed by atoms with Crippen LogP contribution in [0.15, 0.2) is 109 Å². The molecule has 1 nitrogen and oxygen atoms in total. The number of hydrogen-bond donors (Lipinski definition) is 1. The molecule has 28 heavy (non-hydrogen) atoms. The van der Waals surface area contributed by atoms with Crippen LogP contribution in [0.25, 0.3) is 0 Å². The van der Waals surface area contributed by atoms with E-state index in [2.05, 4.69) is 86.1 Å². The van der Waals surface area contributed by atoms with E-state index in [1.54, 1.807) is 0 Å². The fourth-order valence-corrected chi connectivity index (χ4v) is 2.18. The first-order valence-electron chi connectivity index (χ1n) is 9.91. The van der Waals surface area contributed by atoms with Crippen molar-refractivity contribution < 1.29 is 0 Å². The lowest BCUT2D eigenvalue weighted by atomic mass is 9.98. The summed E-state index contributed by atoms with van der Waals surface area (Å²) in [5.41, 5.74) is 4.27. The molecule has 0 saturated carbocycles. The SMILES string of the molecule is C/C=C\C.C/C=C\CC.C=C(C)C(=C)NC(c1ccccc1)c1ccccc1. The zero-order chi connectivity index (χ0) is 21.2. The lowest BCUT2D eigenvalue weighted by Gasteiger charge is -2.22. The number of rotatable bonds is 6. The van der Waals surface area contributed by atoms with Gasteiger partial charge in [-0.2, -0.15) is 0 Å². The summed E-state index contributed by atoms with van der Waals surface area (Å²) in [5, 5.41) is 3.46. The van der Waals surface area contributed by atoms with E-state index in [0.29, 0.717) is 0 Å². The molecule has 0 radical (unpaired) electrons. The molecule has 0 bridgehead atoms. The van der Waals surface area contributed by atoms with Crippen molar-refractivity contribution in [2.45, 2.75) is 47.1 Å². The fraction of sp³-hybridized carbons (Fsp3) is 0.259. The van der Waals surface area contributed by atoms with Crippen molar-refractivity contribution in [2.24, 2.45) is 0 Å². The van der Waals surface area contributed by atoms with Gasteiger partial charge in [-0.05, 0) is 50.8 Å². The van der Waals surface area contributed by atoms with Crippen LogP contribution in [0.5, 0.6) is 0 Å². The van der Waals surface area contributed by atoms with Gasteiger partial charge >= 0.3 is 0 Å². The van der Waals surface area contributed by atoms with Crippen molar-refractivity contribution in [3.05, 3.63) is 121 Å². The molecule has 0 aliphatic carbocycles. The Bertz CT molecular complexity index is 665. The van der Waals surface area contributed by atoms with Crippen LogP contribution in [0.2, 0.25) is 0 Å². The van der Waals surface area contributed by atoms with Gasteiger partial charge in [0, 0.05) is 5.70 Å². The Balaban J connectivity index is 0.000000681. The molecule has 2 aromatic rings. The van der Waals surface area contributed by atoms with Gasteiger partial charge in [-0.15, -0.1) is 0 Å². The summed E-state index contributed by atoms with van der Waals surface area (Å²) >= 11 is 0. The predicted molar refractivity (Wildman–Crippen MR) is 127 cm³/mol. The molecule has 1 N–H and O–H groups in total. The van der Waals surface area contributed by atoms with Crippen LogP contribution in [-0.2, 0) is 0 Å². The molecule has 0 aliphatic rings. The highest BCUT2D eigenvalue weighted by molar-refractivity contribution is 5.35. The van der Waals surface area contributed by atoms with E-state index in [9.17, 15) is 0 Å². The van der Waals surface area contributed by atoms with Gasteiger partial charge < -0.3 is 5.32 Å². The van der Waals surface area contributed by atoms with E-state index >= 15 is 0 Å². The fourth-order valence-electron chi connectivity index (χ4n) is 2.18. The van der Waals surface area contributed by atoms with Crippen LogP contribution in [0.3, 0.4) is 0 Å². The topological polar surface area (TPSA) is 12.0 Å². The molecular formula is C27H37N. The Kier molecular flexibility index (Phi) is 14.7. The van der Waals surface area contributed by atoms with Gasteiger partial charge in [0.1, 0.15) is 0 Å². The summed E-state index contributed by atoms with van der Waals surface area (Å²) < 4.78 is 0. The van der Waals surface area contributed by atoms with Crippen molar-refractivity contribution in [3.63, 3.8) is 0 Å². The highest BCUT2D eigenvalue weighted by Gasteiger charge is 2.13. The summed E-state index contributed by atoms with van der Waals surface area (Å²) in [4.78, 5) is 0. The van der Waals surface area contributed by atoms with Crippen LogP contribution in [0.1, 0.15) is 58.2 Å². The molecule has 0 saturated heterocycles. The predicted octanol–water partition coefficient (Wildman–Crippen LogP) is 8.01. The zero-order valence-corrected chi connectivity index (χ0v) is 18.3. The quantitative estimate of drug-likeness (QED) is 0.398. The third kappa shape index (κ3) is 11.0. The van der Waals surface area contributed by atoms with E-state index in [1.807, 2.05) is 52.0 Å². The molecule has 150 valence electrons.